The number of allylic oxidation sites excluding steroid dienone is 1. The van der Waals surface area contributed by atoms with Crippen LogP contribution in [0.2, 0.25) is 0 Å². The fourth-order valence-electron chi connectivity index (χ4n) is 5.24. The van der Waals surface area contributed by atoms with E-state index in [4.69, 9.17) is 28.4 Å². The summed E-state index contributed by atoms with van der Waals surface area (Å²) in [6, 6.07) is 16.0. The van der Waals surface area contributed by atoms with Crippen LogP contribution in [0.3, 0.4) is 0 Å². The van der Waals surface area contributed by atoms with Gasteiger partial charge in [0.2, 0.25) is 0 Å². The van der Waals surface area contributed by atoms with Gasteiger partial charge in [-0.05, 0) is 125 Å². The van der Waals surface area contributed by atoms with Gasteiger partial charge in [-0.25, -0.2) is 14.6 Å². The van der Waals surface area contributed by atoms with Gasteiger partial charge < -0.3 is 28.4 Å². The maximum Gasteiger partial charge on any atom is 0.343 e. The van der Waals surface area contributed by atoms with Gasteiger partial charge in [0.05, 0.1) is 52.8 Å². The summed E-state index contributed by atoms with van der Waals surface area (Å²) in [7, 11) is 2.84. The van der Waals surface area contributed by atoms with E-state index in [9.17, 15) is 14.4 Å². The monoisotopic (exact) mass is 924 g/mol. The number of rotatable bonds is 13. The Morgan fingerprint density at radius 1 is 0.940 bits per heavy atom. The van der Waals surface area contributed by atoms with Crippen LogP contribution in [0.5, 0.6) is 23.0 Å². The first-order valence-electron chi connectivity index (χ1n) is 15.5. The summed E-state index contributed by atoms with van der Waals surface area (Å²) in [5.74, 6) is 0.628. The Morgan fingerprint density at radius 3 is 2.38 bits per heavy atom. The summed E-state index contributed by atoms with van der Waals surface area (Å²) in [5.41, 5.74) is 2.62. The number of esters is 2. The molecule has 0 saturated heterocycles. The number of hydrogen-bond acceptors (Lipinski definition) is 11. The molecule has 0 bridgehead atoms. The minimum atomic E-state index is -0.881. The Labute approximate surface area is 319 Å². The lowest BCUT2D eigenvalue weighted by Gasteiger charge is -2.25. The van der Waals surface area contributed by atoms with Crippen molar-refractivity contribution in [2.24, 2.45) is 4.99 Å². The highest BCUT2D eigenvalue weighted by molar-refractivity contribution is 14.1. The van der Waals surface area contributed by atoms with Crippen LogP contribution < -0.4 is 33.8 Å². The molecule has 50 heavy (non-hydrogen) atoms. The molecule has 1 aromatic heterocycles. The van der Waals surface area contributed by atoms with Gasteiger partial charge in [-0.2, -0.15) is 0 Å². The number of thiazole rings is 1. The van der Waals surface area contributed by atoms with E-state index in [1.165, 1.54) is 23.0 Å². The van der Waals surface area contributed by atoms with E-state index in [1.54, 1.807) is 45.2 Å². The Balaban J connectivity index is 1.58. The maximum atomic E-state index is 14.3. The number of ether oxygens (including phenoxy) is 6. The van der Waals surface area contributed by atoms with Crippen LogP contribution in [0.15, 0.2) is 75.7 Å². The molecule has 1 aliphatic heterocycles. The lowest BCUT2D eigenvalue weighted by atomic mass is 9.95. The summed E-state index contributed by atoms with van der Waals surface area (Å²) in [6.45, 7) is 5.74. The van der Waals surface area contributed by atoms with E-state index < -0.39 is 18.0 Å². The highest BCUT2D eigenvalue weighted by Gasteiger charge is 2.34. The fourth-order valence-corrected chi connectivity index (χ4v) is 7.42. The lowest BCUT2D eigenvalue weighted by Crippen LogP contribution is -2.40. The van der Waals surface area contributed by atoms with Gasteiger partial charge >= 0.3 is 11.9 Å². The molecule has 4 aromatic rings. The van der Waals surface area contributed by atoms with Gasteiger partial charge in [-0.3, -0.25) is 9.36 Å². The molecule has 11 nitrogen and oxygen atoms in total. The van der Waals surface area contributed by atoms with Crippen molar-refractivity contribution in [3.8, 4) is 23.0 Å². The zero-order valence-electron chi connectivity index (χ0n) is 27.9. The van der Waals surface area contributed by atoms with Crippen molar-refractivity contribution in [2.75, 3.05) is 34.0 Å². The number of nitrogens with zero attached hydrogens (tertiary/aromatic N) is 2. The van der Waals surface area contributed by atoms with Gasteiger partial charge in [0.15, 0.2) is 34.4 Å². The highest BCUT2D eigenvalue weighted by Crippen LogP contribution is 2.37. The van der Waals surface area contributed by atoms with Crippen molar-refractivity contribution < 1.29 is 38.0 Å². The number of benzene rings is 3. The second kappa shape index (κ2) is 16.9. The normalized spacial score (nSPS) is 14.1. The van der Waals surface area contributed by atoms with Crippen LogP contribution >= 0.6 is 56.5 Å². The molecule has 14 heteroatoms. The summed E-state index contributed by atoms with van der Waals surface area (Å²) < 4.78 is 37.3. The molecule has 3 aromatic carbocycles. The highest BCUT2D eigenvalue weighted by atomic mass is 127. The summed E-state index contributed by atoms with van der Waals surface area (Å²) >= 11 is 5.67. The Bertz CT molecular complexity index is 2120. The second-order valence-corrected chi connectivity index (χ2v) is 14.2. The van der Waals surface area contributed by atoms with E-state index in [1.807, 2.05) is 43.3 Å². The maximum absolute atomic E-state index is 14.3. The molecular weight excluding hydrogens is 890 g/mol. The van der Waals surface area contributed by atoms with Crippen molar-refractivity contribution in [3.63, 3.8) is 0 Å². The zero-order chi connectivity index (χ0) is 35.9. The van der Waals surface area contributed by atoms with E-state index in [0.717, 1.165) is 18.3 Å². The van der Waals surface area contributed by atoms with E-state index >= 15 is 0 Å². The summed E-state index contributed by atoms with van der Waals surface area (Å²) in [6.07, 6.45) is 1.77. The van der Waals surface area contributed by atoms with E-state index in [-0.39, 0.29) is 24.3 Å². The van der Waals surface area contributed by atoms with Gasteiger partial charge in [0, 0.05) is 3.57 Å². The van der Waals surface area contributed by atoms with Crippen molar-refractivity contribution in [2.45, 2.75) is 33.4 Å². The number of carbonyl (C=O) groups excluding carboxylic acids is 2. The van der Waals surface area contributed by atoms with Crippen LogP contribution in [-0.4, -0.2) is 50.5 Å². The first-order valence-corrected chi connectivity index (χ1v) is 18.5. The largest absolute Gasteiger partial charge is 0.493 e. The van der Waals surface area contributed by atoms with E-state index in [2.05, 4.69) is 50.2 Å². The minimum absolute atomic E-state index is 0.141. The molecular formula is C36H34I2N2O9S. The molecule has 0 spiro atoms. The second-order valence-electron chi connectivity index (χ2n) is 10.8. The molecule has 262 valence electrons. The Hall–Kier alpha value is -3.90. The van der Waals surface area contributed by atoms with Crippen molar-refractivity contribution in [1.82, 2.24) is 4.57 Å². The first kappa shape index (κ1) is 37.4. The number of carbonyl (C=O) groups is 2. The third-order valence-corrected chi connectivity index (χ3v) is 10.0. The zero-order valence-corrected chi connectivity index (χ0v) is 33.0. The standard InChI is InChI=1S/C36H34I2N2O9S/c1-6-46-27-17-23(10-13-26(27)48-19-30(41)45-5)32-31(35(43)47-7-2)20(3)39-36-40(32)34(42)29(50-36)16-22-14-25(38)33(28(15-22)44-4)49-18-21-8-11-24(37)12-9-21/h8-17,32H,6-7,18-19H2,1-5H3/b29-16-/t32-/m0/s1. The van der Waals surface area contributed by atoms with Gasteiger partial charge in [0.25, 0.3) is 5.56 Å². The quantitative estimate of drug-likeness (QED) is 0.126. The third kappa shape index (κ3) is 8.34. The number of aromatic nitrogens is 1. The molecule has 1 aliphatic rings. The van der Waals surface area contributed by atoms with E-state index in [0.29, 0.717) is 56.8 Å². The van der Waals surface area contributed by atoms with Crippen LogP contribution in [0.25, 0.3) is 6.08 Å². The number of halogens is 2. The van der Waals surface area contributed by atoms with Crippen molar-refractivity contribution in [1.29, 1.82) is 0 Å². The molecule has 0 unspecified atom stereocenters. The molecule has 0 saturated carbocycles. The molecule has 0 amide bonds. The van der Waals surface area contributed by atoms with Crippen LogP contribution in [0, 0.1) is 7.14 Å². The average molecular weight is 925 g/mol. The summed E-state index contributed by atoms with van der Waals surface area (Å²) in [4.78, 5) is 44.5. The molecule has 0 N–H and O–H groups in total. The number of fused-ring (bicyclic) bond motifs is 1. The lowest BCUT2D eigenvalue weighted by molar-refractivity contribution is -0.143. The molecule has 5 rings (SSSR count). The van der Waals surface area contributed by atoms with Gasteiger partial charge in [-0.15, -0.1) is 0 Å². The number of methoxy groups -OCH3 is 2. The van der Waals surface area contributed by atoms with Crippen LogP contribution in [0.1, 0.15) is 43.5 Å². The molecule has 0 fully saturated rings. The fraction of sp³-hybridized carbons (Fsp3) is 0.278. The molecule has 1 atom stereocenters. The molecule has 2 heterocycles. The minimum Gasteiger partial charge on any atom is -0.493 e. The van der Waals surface area contributed by atoms with Gasteiger partial charge in [-0.1, -0.05) is 29.5 Å². The van der Waals surface area contributed by atoms with Crippen LogP contribution in [0.4, 0.5) is 0 Å². The molecule has 0 aliphatic carbocycles. The molecule has 0 radical (unpaired) electrons. The predicted molar refractivity (Wildman–Crippen MR) is 205 cm³/mol. The summed E-state index contributed by atoms with van der Waals surface area (Å²) in [5, 5.41) is 0. The number of hydrogen-bond donors (Lipinski definition) is 0. The third-order valence-electron chi connectivity index (χ3n) is 7.52. The first-order chi connectivity index (χ1) is 24.1. The van der Waals surface area contributed by atoms with Gasteiger partial charge in [0.1, 0.15) is 6.61 Å². The van der Waals surface area contributed by atoms with Crippen molar-refractivity contribution in [3.05, 3.63) is 109 Å². The smallest absolute Gasteiger partial charge is 0.343 e. The van der Waals surface area contributed by atoms with Crippen LogP contribution in [-0.2, 0) is 25.7 Å². The topological polar surface area (TPSA) is 124 Å². The average Bonchev–Trinajstić information content (AvgIpc) is 3.40. The Morgan fingerprint density at radius 2 is 1.70 bits per heavy atom. The Kier molecular flexibility index (Phi) is 12.6. The predicted octanol–water partition coefficient (Wildman–Crippen LogP) is 5.55. The SMILES string of the molecule is CCOC(=O)C1=C(C)N=c2s/c(=C\c3cc(I)c(OCc4ccc(I)cc4)c(OC)c3)c(=O)n2[C@H]1c1ccc(OCC(=O)OC)c(OCC)c1. The van der Waals surface area contributed by atoms with Crippen molar-refractivity contribution >= 4 is 74.5 Å².